The van der Waals surface area contributed by atoms with Crippen LogP contribution in [0.15, 0.2) is 65.6 Å². The second-order valence-electron chi connectivity index (χ2n) is 4.35. The van der Waals surface area contributed by atoms with Crippen LogP contribution < -0.4 is 10.2 Å². The summed E-state index contributed by atoms with van der Waals surface area (Å²) < 4.78 is 26.9. The summed E-state index contributed by atoms with van der Waals surface area (Å²) in [6.07, 6.45) is 2.58. The molecule has 0 aliphatic heterocycles. The van der Waals surface area contributed by atoms with Crippen molar-refractivity contribution in [3.63, 3.8) is 0 Å². The molecule has 114 valence electrons. The molecular weight excluding hydrogens is 304 g/mol. The summed E-state index contributed by atoms with van der Waals surface area (Å²) in [5.41, 5.74) is 2.45. The van der Waals surface area contributed by atoms with Gasteiger partial charge in [-0.3, -0.25) is 14.7 Å². The van der Waals surface area contributed by atoms with Crippen molar-refractivity contribution in [2.75, 3.05) is 4.72 Å². The normalized spacial score (nSPS) is 11.3. The predicted molar refractivity (Wildman–Crippen MR) is 82.7 cm³/mol. The van der Waals surface area contributed by atoms with Crippen LogP contribution in [-0.2, 0) is 14.8 Å². The van der Waals surface area contributed by atoms with Gasteiger partial charge < -0.3 is 0 Å². The van der Waals surface area contributed by atoms with E-state index in [4.69, 9.17) is 5.21 Å². The minimum Gasteiger partial charge on any atom is -0.288 e. The Bertz CT molecular complexity index is 786. The molecule has 0 aliphatic carbocycles. The molecule has 0 bridgehead atoms. The van der Waals surface area contributed by atoms with E-state index >= 15 is 0 Å². The highest BCUT2D eigenvalue weighted by molar-refractivity contribution is 7.92. The van der Waals surface area contributed by atoms with Crippen molar-refractivity contribution < 1.29 is 18.4 Å². The maximum atomic E-state index is 12.2. The Morgan fingerprint density at radius 1 is 1.05 bits per heavy atom. The quantitative estimate of drug-likeness (QED) is 0.446. The SMILES string of the molecule is O=C(C=Cc1cccc(NS(=O)(=O)c2ccccc2)c1)NO. The molecule has 2 aromatic carbocycles. The molecule has 3 N–H and O–H groups in total. The molecule has 0 spiro atoms. The second kappa shape index (κ2) is 6.88. The van der Waals surface area contributed by atoms with Crippen LogP contribution in [0.4, 0.5) is 5.69 Å². The monoisotopic (exact) mass is 318 g/mol. The van der Waals surface area contributed by atoms with E-state index in [0.29, 0.717) is 11.3 Å². The maximum absolute atomic E-state index is 12.2. The lowest BCUT2D eigenvalue weighted by Gasteiger charge is -2.08. The van der Waals surface area contributed by atoms with E-state index in [-0.39, 0.29) is 4.90 Å². The number of amides is 1. The summed E-state index contributed by atoms with van der Waals surface area (Å²) in [6.45, 7) is 0. The Morgan fingerprint density at radius 2 is 1.77 bits per heavy atom. The average Bonchev–Trinajstić information content (AvgIpc) is 2.53. The second-order valence-corrected chi connectivity index (χ2v) is 6.04. The molecule has 7 heteroatoms. The Morgan fingerprint density at radius 3 is 2.45 bits per heavy atom. The smallest absolute Gasteiger partial charge is 0.267 e. The molecule has 0 heterocycles. The third-order valence-corrected chi connectivity index (χ3v) is 4.13. The van der Waals surface area contributed by atoms with E-state index in [2.05, 4.69) is 4.72 Å². The zero-order chi connectivity index (χ0) is 16.0. The molecular formula is C15H14N2O4S. The number of carbonyl (C=O) groups excluding carboxylic acids is 1. The van der Waals surface area contributed by atoms with Gasteiger partial charge in [0.1, 0.15) is 0 Å². The van der Waals surface area contributed by atoms with E-state index in [1.54, 1.807) is 42.5 Å². The first-order chi connectivity index (χ1) is 10.5. The first-order valence-corrected chi connectivity index (χ1v) is 7.80. The van der Waals surface area contributed by atoms with E-state index in [1.165, 1.54) is 23.7 Å². The van der Waals surface area contributed by atoms with Crippen LogP contribution in [0.25, 0.3) is 6.08 Å². The van der Waals surface area contributed by atoms with Crippen molar-refractivity contribution in [2.45, 2.75) is 4.90 Å². The number of carbonyl (C=O) groups is 1. The van der Waals surface area contributed by atoms with Gasteiger partial charge in [0.25, 0.3) is 15.9 Å². The Hall–Kier alpha value is -2.64. The lowest BCUT2D eigenvalue weighted by atomic mass is 10.2. The zero-order valence-corrected chi connectivity index (χ0v) is 12.2. The Balaban J connectivity index is 2.20. The van der Waals surface area contributed by atoms with Gasteiger partial charge in [-0.05, 0) is 35.9 Å². The van der Waals surface area contributed by atoms with Gasteiger partial charge in [0.15, 0.2) is 0 Å². The van der Waals surface area contributed by atoms with Crippen LogP contribution in [0.5, 0.6) is 0 Å². The van der Waals surface area contributed by atoms with Crippen LogP contribution in [0.3, 0.4) is 0 Å². The summed E-state index contributed by atoms with van der Waals surface area (Å²) in [4.78, 5) is 11.1. The van der Waals surface area contributed by atoms with Crippen LogP contribution >= 0.6 is 0 Å². The van der Waals surface area contributed by atoms with Crippen LogP contribution in [0, 0.1) is 0 Å². The molecule has 0 unspecified atom stereocenters. The Labute approximate surface area is 128 Å². The van der Waals surface area contributed by atoms with Crippen LogP contribution in [-0.4, -0.2) is 19.5 Å². The molecule has 22 heavy (non-hydrogen) atoms. The van der Waals surface area contributed by atoms with Crippen molar-refractivity contribution in [1.82, 2.24) is 5.48 Å². The van der Waals surface area contributed by atoms with Gasteiger partial charge in [-0.1, -0.05) is 30.3 Å². The minimum absolute atomic E-state index is 0.163. The predicted octanol–water partition coefficient (Wildman–Crippen LogP) is 2.01. The fourth-order valence-electron chi connectivity index (χ4n) is 1.73. The number of hydrogen-bond acceptors (Lipinski definition) is 4. The summed E-state index contributed by atoms with van der Waals surface area (Å²) in [5.74, 6) is -0.671. The molecule has 0 aliphatic rings. The summed E-state index contributed by atoms with van der Waals surface area (Å²) in [5, 5.41) is 8.40. The van der Waals surface area contributed by atoms with Gasteiger partial charge in [-0.25, -0.2) is 13.9 Å². The molecule has 0 radical (unpaired) electrons. The number of hydrogen-bond donors (Lipinski definition) is 3. The highest BCUT2D eigenvalue weighted by Gasteiger charge is 2.13. The van der Waals surface area contributed by atoms with Crippen LogP contribution in [0.2, 0.25) is 0 Å². The number of benzene rings is 2. The Kier molecular flexibility index (Phi) is 4.92. The van der Waals surface area contributed by atoms with E-state index in [0.717, 1.165) is 6.08 Å². The number of nitrogens with one attached hydrogen (secondary N) is 2. The van der Waals surface area contributed by atoms with Gasteiger partial charge in [0.2, 0.25) is 0 Å². The van der Waals surface area contributed by atoms with Gasteiger partial charge >= 0.3 is 0 Å². The molecule has 2 aromatic rings. The number of hydroxylamine groups is 1. The topological polar surface area (TPSA) is 95.5 Å². The average molecular weight is 318 g/mol. The zero-order valence-electron chi connectivity index (χ0n) is 11.4. The van der Waals surface area contributed by atoms with Gasteiger partial charge in [-0.15, -0.1) is 0 Å². The first kappa shape index (κ1) is 15.7. The molecule has 0 atom stereocenters. The lowest BCUT2D eigenvalue weighted by Crippen LogP contribution is -2.14. The standard InChI is InChI=1S/C15H14N2O4S/c18-15(16-19)10-9-12-5-4-6-13(11-12)17-22(20,21)14-7-2-1-3-8-14/h1-11,17,19H,(H,16,18). The van der Waals surface area contributed by atoms with E-state index < -0.39 is 15.9 Å². The van der Waals surface area contributed by atoms with Crippen molar-refractivity contribution in [3.05, 3.63) is 66.2 Å². The fourth-order valence-corrected chi connectivity index (χ4v) is 2.80. The summed E-state index contributed by atoms with van der Waals surface area (Å²) in [7, 11) is -3.66. The minimum atomic E-state index is -3.66. The van der Waals surface area contributed by atoms with Crippen molar-refractivity contribution in [2.24, 2.45) is 0 Å². The van der Waals surface area contributed by atoms with E-state index in [1.807, 2.05) is 0 Å². The number of anilines is 1. The summed E-state index contributed by atoms with van der Waals surface area (Å²) >= 11 is 0. The van der Waals surface area contributed by atoms with Crippen molar-refractivity contribution in [1.29, 1.82) is 0 Å². The van der Waals surface area contributed by atoms with Crippen molar-refractivity contribution >= 4 is 27.7 Å². The molecule has 2 rings (SSSR count). The highest BCUT2D eigenvalue weighted by atomic mass is 32.2. The highest BCUT2D eigenvalue weighted by Crippen LogP contribution is 2.17. The van der Waals surface area contributed by atoms with Crippen LogP contribution in [0.1, 0.15) is 5.56 Å². The molecule has 1 amide bonds. The first-order valence-electron chi connectivity index (χ1n) is 6.31. The largest absolute Gasteiger partial charge is 0.288 e. The fraction of sp³-hybridized carbons (Fsp3) is 0. The third kappa shape index (κ3) is 4.18. The van der Waals surface area contributed by atoms with Gasteiger partial charge in [-0.2, -0.15) is 0 Å². The molecule has 0 saturated heterocycles. The summed E-state index contributed by atoms with van der Waals surface area (Å²) in [6, 6.07) is 14.5. The molecule has 0 saturated carbocycles. The molecule has 0 fully saturated rings. The lowest BCUT2D eigenvalue weighted by molar-refractivity contribution is -0.124. The third-order valence-electron chi connectivity index (χ3n) is 2.73. The van der Waals surface area contributed by atoms with Crippen molar-refractivity contribution in [3.8, 4) is 0 Å². The van der Waals surface area contributed by atoms with Gasteiger partial charge in [0, 0.05) is 11.8 Å². The maximum Gasteiger partial charge on any atom is 0.267 e. The number of sulfonamides is 1. The molecule has 0 aromatic heterocycles. The van der Waals surface area contributed by atoms with E-state index in [9.17, 15) is 13.2 Å². The molecule has 6 nitrogen and oxygen atoms in total. The number of rotatable bonds is 5. The van der Waals surface area contributed by atoms with Gasteiger partial charge in [0.05, 0.1) is 4.90 Å².